The molecule has 0 fully saturated rings. The number of amides is 1. The standard InChI is InChI=1S/C15H20FNO3/c1-15(2,3)20-14(19)17-13(8-9-18)10-11-4-6-12(16)7-5-11/h4-7,9,13H,8,10H2,1-3H3,(H,17,19)/t13-/m0/s1. The fourth-order valence-electron chi connectivity index (χ4n) is 1.69. The first kappa shape index (κ1) is 16.1. The van der Waals surface area contributed by atoms with E-state index >= 15 is 0 Å². The molecule has 20 heavy (non-hydrogen) atoms. The van der Waals surface area contributed by atoms with Crippen molar-refractivity contribution in [3.63, 3.8) is 0 Å². The number of alkyl carbamates (subject to hydrolysis) is 1. The summed E-state index contributed by atoms with van der Waals surface area (Å²) in [5.74, 6) is -0.319. The summed E-state index contributed by atoms with van der Waals surface area (Å²) in [6.45, 7) is 5.30. The second kappa shape index (κ2) is 7.03. The number of nitrogens with one attached hydrogen (secondary N) is 1. The Labute approximate surface area is 118 Å². The molecule has 1 N–H and O–H groups in total. The van der Waals surface area contributed by atoms with Crippen LogP contribution >= 0.6 is 0 Å². The highest BCUT2D eigenvalue weighted by atomic mass is 19.1. The Morgan fingerprint density at radius 2 is 1.95 bits per heavy atom. The van der Waals surface area contributed by atoms with Crippen LogP contribution in [0.1, 0.15) is 32.8 Å². The van der Waals surface area contributed by atoms with Crippen LogP contribution in [0.25, 0.3) is 0 Å². The van der Waals surface area contributed by atoms with Gasteiger partial charge in [0, 0.05) is 12.5 Å². The number of halogens is 1. The molecule has 1 rings (SSSR count). The van der Waals surface area contributed by atoms with Crippen molar-refractivity contribution < 1.29 is 18.7 Å². The van der Waals surface area contributed by atoms with E-state index in [2.05, 4.69) is 5.32 Å². The van der Waals surface area contributed by atoms with Gasteiger partial charge in [-0.25, -0.2) is 9.18 Å². The lowest BCUT2D eigenvalue weighted by molar-refractivity contribution is -0.108. The smallest absolute Gasteiger partial charge is 0.407 e. The number of carbonyl (C=O) groups excluding carboxylic acids is 2. The summed E-state index contributed by atoms with van der Waals surface area (Å²) in [5, 5.41) is 2.65. The molecule has 0 aliphatic heterocycles. The summed E-state index contributed by atoms with van der Waals surface area (Å²) < 4.78 is 18.0. The summed E-state index contributed by atoms with van der Waals surface area (Å²) in [6, 6.07) is 5.59. The predicted octanol–water partition coefficient (Wildman–Crippen LogP) is 2.85. The Hall–Kier alpha value is -1.91. The van der Waals surface area contributed by atoms with Crippen LogP contribution in [-0.4, -0.2) is 24.0 Å². The van der Waals surface area contributed by atoms with Crippen LogP contribution in [0.5, 0.6) is 0 Å². The molecular formula is C15H20FNO3. The third-order valence-electron chi connectivity index (χ3n) is 2.50. The molecule has 0 radical (unpaired) electrons. The summed E-state index contributed by atoms with van der Waals surface area (Å²) in [4.78, 5) is 22.4. The average molecular weight is 281 g/mol. The summed E-state index contributed by atoms with van der Waals surface area (Å²) in [7, 11) is 0. The van der Waals surface area contributed by atoms with Gasteiger partial charge in [-0.3, -0.25) is 0 Å². The lowest BCUT2D eigenvalue weighted by Crippen LogP contribution is -2.40. The Bertz CT molecular complexity index is 451. The van der Waals surface area contributed by atoms with Gasteiger partial charge in [-0.1, -0.05) is 12.1 Å². The molecule has 0 aliphatic rings. The second-order valence-electron chi connectivity index (χ2n) is 5.58. The van der Waals surface area contributed by atoms with E-state index in [0.29, 0.717) is 6.42 Å². The maximum Gasteiger partial charge on any atom is 0.407 e. The largest absolute Gasteiger partial charge is 0.444 e. The molecule has 1 aromatic carbocycles. The molecule has 0 aromatic heterocycles. The Balaban J connectivity index is 2.62. The molecule has 0 bridgehead atoms. The molecule has 110 valence electrons. The van der Waals surface area contributed by atoms with Crippen molar-refractivity contribution in [2.45, 2.75) is 45.3 Å². The molecule has 1 amide bonds. The van der Waals surface area contributed by atoms with Gasteiger partial charge in [-0.2, -0.15) is 0 Å². The van der Waals surface area contributed by atoms with Crippen LogP contribution in [-0.2, 0) is 16.0 Å². The van der Waals surface area contributed by atoms with Crippen molar-refractivity contribution in [3.8, 4) is 0 Å². The predicted molar refractivity (Wildman–Crippen MR) is 73.9 cm³/mol. The summed E-state index contributed by atoms with van der Waals surface area (Å²) in [6.07, 6.45) is 0.798. The highest BCUT2D eigenvalue weighted by Crippen LogP contribution is 2.10. The molecule has 0 saturated carbocycles. The maximum absolute atomic E-state index is 12.8. The lowest BCUT2D eigenvalue weighted by atomic mass is 10.0. The highest BCUT2D eigenvalue weighted by Gasteiger charge is 2.19. The van der Waals surface area contributed by atoms with Gasteiger partial charge in [0.1, 0.15) is 17.7 Å². The minimum Gasteiger partial charge on any atom is -0.444 e. The molecule has 5 heteroatoms. The fraction of sp³-hybridized carbons (Fsp3) is 0.467. The van der Waals surface area contributed by atoms with E-state index in [1.807, 2.05) is 0 Å². The first-order valence-electron chi connectivity index (χ1n) is 6.48. The van der Waals surface area contributed by atoms with Crippen molar-refractivity contribution >= 4 is 12.4 Å². The summed E-state index contributed by atoms with van der Waals surface area (Å²) >= 11 is 0. The van der Waals surface area contributed by atoms with E-state index in [4.69, 9.17) is 4.74 Å². The highest BCUT2D eigenvalue weighted by molar-refractivity contribution is 5.68. The molecule has 0 saturated heterocycles. The van der Waals surface area contributed by atoms with E-state index in [0.717, 1.165) is 11.8 Å². The SMILES string of the molecule is CC(C)(C)OC(=O)N[C@@H](CC=O)Cc1ccc(F)cc1. The van der Waals surface area contributed by atoms with E-state index in [1.54, 1.807) is 32.9 Å². The number of ether oxygens (including phenoxy) is 1. The van der Waals surface area contributed by atoms with Gasteiger partial charge in [0.2, 0.25) is 0 Å². The molecule has 0 heterocycles. The van der Waals surface area contributed by atoms with Gasteiger partial charge < -0.3 is 14.8 Å². The molecule has 0 spiro atoms. The van der Waals surface area contributed by atoms with Crippen LogP contribution in [0.4, 0.5) is 9.18 Å². The molecule has 0 unspecified atom stereocenters. The summed E-state index contributed by atoms with van der Waals surface area (Å²) in [5.41, 5.74) is 0.250. The topological polar surface area (TPSA) is 55.4 Å². The van der Waals surface area contributed by atoms with Crippen LogP contribution in [0.2, 0.25) is 0 Å². The van der Waals surface area contributed by atoms with Gasteiger partial charge in [-0.05, 0) is 44.9 Å². The van der Waals surface area contributed by atoms with Crippen molar-refractivity contribution in [2.24, 2.45) is 0 Å². The van der Waals surface area contributed by atoms with E-state index in [9.17, 15) is 14.0 Å². The minimum atomic E-state index is -0.592. The zero-order chi connectivity index (χ0) is 15.2. The Morgan fingerprint density at radius 1 is 1.35 bits per heavy atom. The van der Waals surface area contributed by atoms with Gasteiger partial charge in [0.05, 0.1) is 0 Å². The van der Waals surface area contributed by atoms with Crippen molar-refractivity contribution in [2.75, 3.05) is 0 Å². The van der Waals surface area contributed by atoms with Gasteiger partial charge in [-0.15, -0.1) is 0 Å². The van der Waals surface area contributed by atoms with Crippen molar-refractivity contribution in [1.29, 1.82) is 0 Å². The van der Waals surface area contributed by atoms with Crippen LogP contribution < -0.4 is 5.32 Å². The molecule has 0 aliphatic carbocycles. The first-order chi connectivity index (χ1) is 9.30. The number of aldehydes is 1. The fourth-order valence-corrected chi connectivity index (χ4v) is 1.69. The van der Waals surface area contributed by atoms with E-state index in [1.165, 1.54) is 12.1 Å². The number of carbonyl (C=O) groups is 2. The number of hydrogen-bond acceptors (Lipinski definition) is 3. The third kappa shape index (κ3) is 6.31. The average Bonchev–Trinajstić information content (AvgIpc) is 2.30. The van der Waals surface area contributed by atoms with Crippen LogP contribution in [0.3, 0.4) is 0 Å². The van der Waals surface area contributed by atoms with Crippen molar-refractivity contribution in [3.05, 3.63) is 35.6 Å². The van der Waals surface area contributed by atoms with Gasteiger partial charge in [0.15, 0.2) is 0 Å². The number of benzene rings is 1. The minimum absolute atomic E-state index is 0.177. The maximum atomic E-state index is 12.8. The molecular weight excluding hydrogens is 261 g/mol. The van der Waals surface area contributed by atoms with E-state index in [-0.39, 0.29) is 18.3 Å². The second-order valence-corrected chi connectivity index (χ2v) is 5.58. The zero-order valence-electron chi connectivity index (χ0n) is 12.0. The van der Waals surface area contributed by atoms with Crippen LogP contribution in [0.15, 0.2) is 24.3 Å². The normalized spacial score (nSPS) is 12.6. The van der Waals surface area contributed by atoms with Crippen molar-refractivity contribution in [1.82, 2.24) is 5.32 Å². The molecule has 1 aromatic rings. The Morgan fingerprint density at radius 3 is 2.45 bits per heavy atom. The number of rotatable bonds is 5. The lowest BCUT2D eigenvalue weighted by Gasteiger charge is -2.23. The number of hydrogen-bond donors (Lipinski definition) is 1. The molecule has 4 nitrogen and oxygen atoms in total. The molecule has 1 atom stereocenters. The zero-order valence-corrected chi connectivity index (χ0v) is 12.0. The first-order valence-corrected chi connectivity index (χ1v) is 6.48. The van der Waals surface area contributed by atoms with Gasteiger partial charge in [0.25, 0.3) is 0 Å². The Kier molecular flexibility index (Phi) is 5.67. The monoisotopic (exact) mass is 281 g/mol. The quantitative estimate of drug-likeness (QED) is 0.844. The van der Waals surface area contributed by atoms with Crippen LogP contribution in [0, 0.1) is 5.82 Å². The van der Waals surface area contributed by atoms with E-state index < -0.39 is 11.7 Å². The van der Waals surface area contributed by atoms with Gasteiger partial charge >= 0.3 is 6.09 Å². The third-order valence-corrected chi connectivity index (χ3v) is 2.50.